The molecule has 2 fully saturated rings. The van der Waals surface area contributed by atoms with Gasteiger partial charge in [-0.1, -0.05) is 19.1 Å². The topological polar surface area (TPSA) is 41.6 Å². The summed E-state index contributed by atoms with van der Waals surface area (Å²) in [5.41, 5.74) is 0.923. The molecule has 0 aromatic heterocycles. The third-order valence-corrected chi connectivity index (χ3v) is 4.53. The molecule has 1 aromatic rings. The quantitative estimate of drug-likeness (QED) is 0.919. The standard InChI is InChI=1S/C16H21FN2O2/c1-11(13-8-18-9-13)16(20)19-6-7-21-15(10-19)12-2-4-14(17)5-3-12/h2-5,11,13,15,18H,6-10H2,1H3. The Kier molecular flexibility index (Phi) is 4.22. The summed E-state index contributed by atoms with van der Waals surface area (Å²) in [7, 11) is 0. The summed E-state index contributed by atoms with van der Waals surface area (Å²) in [5, 5.41) is 3.21. The van der Waals surface area contributed by atoms with Gasteiger partial charge in [-0.15, -0.1) is 0 Å². The zero-order valence-electron chi connectivity index (χ0n) is 12.2. The van der Waals surface area contributed by atoms with Gasteiger partial charge in [0.25, 0.3) is 0 Å². The number of benzene rings is 1. The predicted octanol–water partition coefficient (Wildman–Crippen LogP) is 1.58. The number of nitrogens with zero attached hydrogens (tertiary/aromatic N) is 1. The molecule has 21 heavy (non-hydrogen) atoms. The van der Waals surface area contributed by atoms with Crippen LogP contribution < -0.4 is 5.32 Å². The summed E-state index contributed by atoms with van der Waals surface area (Å²) < 4.78 is 18.7. The van der Waals surface area contributed by atoms with E-state index in [4.69, 9.17) is 4.74 Å². The minimum absolute atomic E-state index is 0.0539. The molecule has 1 aromatic carbocycles. The number of rotatable bonds is 3. The SMILES string of the molecule is CC(C(=O)N1CCOC(c2ccc(F)cc2)C1)C1CNC1. The number of carbonyl (C=O) groups excluding carboxylic acids is 1. The molecule has 2 unspecified atom stereocenters. The van der Waals surface area contributed by atoms with Gasteiger partial charge in [0, 0.05) is 12.5 Å². The lowest BCUT2D eigenvalue weighted by atomic mass is 9.87. The van der Waals surface area contributed by atoms with Crippen molar-refractivity contribution in [2.75, 3.05) is 32.8 Å². The van der Waals surface area contributed by atoms with E-state index in [2.05, 4.69) is 5.32 Å². The molecule has 3 rings (SSSR count). The molecule has 4 nitrogen and oxygen atoms in total. The highest BCUT2D eigenvalue weighted by atomic mass is 19.1. The van der Waals surface area contributed by atoms with Crippen LogP contribution >= 0.6 is 0 Å². The summed E-state index contributed by atoms with van der Waals surface area (Å²) in [4.78, 5) is 14.4. The molecule has 2 aliphatic rings. The molecule has 2 aliphatic heterocycles. The Labute approximate surface area is 124 Å². The monoisotopic (exact) mass is 292 g/mol. The van der Waals surface area contributed by atoms with Gasteiger partial charge in [0.2, 0.25) is 5.91 Å². The van der Waals surface area contributed by atoms with Crippen LogP contribution in [0.4, 0.5) is 4.39 Å². The summed E-state index contributed by atoms with van der Waals surface area (Å²) in [6, 6.07) is 6.32. The van der Waals surface area contributed by atoms with Crippen LogP contribution in [0.2, 0.25) is 0 Å². The van der Waals surface area contributed by atoms with Crippen LogP contribution in [0.3, 0.4) is 0 Å². The van der Waals surface area contributed by atoms with Gasteiger partial charge < -0.3 is 15.0 Å². The number of ether oxygens (including phenoxy) is 1. The van der Waals surface area contributed by atoms with Gasteiger partial charge in [-0.3, -0.25) is 4.79 Å². The molecule has 0 saturated carbocycles. The van der Waals surface area contributed by atoms with Crippen molar-refractivity contribution in [1.29, 1.82) is 0 Å². The molecule has 1 amide bonds. The maximum atomic E-state index is 13.0. The molecule has 0 spiro atoms. The Bertz CT molecular complexity index is 502. The van der Waals surface area contributed by atoms with Gasteiger partial charge in [-0.2, -0.15) is 0 Å². The lowest BCUT2D eigenvalue weighted by molar-refractivity contribution is -0.145. The van der Waals surface area contributed by atoms with Crippen molar-refractivity contribution in [3.8, 4) is 0 Å². The normalized spacial score (nSPS) is 24.5. The van der Waals surface area contributed by atoms with E-state index < -0.39 is 0 Å². The van der Waals surface area contributed by atoms with Crippen LogP contribution in [-0.2, 0) is 9.53 Å². The zero-order chi connectivity index (χ0) is 14.8. The summed E-state index contributed by atoms with van der Waals surface area (Å²) in [6.07, 6.45) is -0.157. The number of morpholine rings is 1. The molecule has 114 valence electrons. The van der Waals surface area contributed by atoms with Gasteiger partial charge in [0.15, 0.2) is 0 Å². The number of carbonyl (C=O) groups is 1. The van der Waals surface area contributed by atoms with Crippen molar-refractivity contribution in [2.24, 2.45) is 11.8 Å². The summed E-state index contributed by atoms with van der Waals surface area (Å²) in [6.45, 7) is 5.59. The molecule has 2 heterocycles. The van der Waals surface area contributed by atoms with E-state index in [-0.39, 0.29) is 23.7 Å². The fraction of sp³-hybridized carbons (Fsp3) is 0.562. The first-order valence-corrected chi connectivity index (χ1v) is 7.51. The minimum atomic E-state index is -0.256. The molecule has 2 saturated heterocycles. The Balaban J connectivity index is 1.64. The van der Waals surface area contributed by atoms with E-state index in [0.29, 0.717) is 25.6 Å². The van der Waals surface area contributed by atoms with Gasteiger partial charge in [-0.05, 0) is 36.7 Å². The van der Waals surface area contributed by atoms with Crippen molar-refractivity contribution in [1.82, 2.24) is 10.2 Å². The molecule has 0 aliphatic carbocycles. The van der Waals surface area contributed by atoms with Gasteiger partial charge >= 0.3 is 0 Å². The molecule has 0 radical (unpaired) electrons. The van der Waals surface area contributed by atoms with Crippen LogP contribution in [-0.4, -0.2) is 43.6 Å². The van der Waals surface area contributed by atoms with E-state index in [1.165, 1.54) is 12.1 Å². The van der Waals surface area contributed by atoms with Crippen LogP contribution in [0.15, 0.2) is 24.3 Å². The number of amides is 1. The Morgan fingerprint density at radius 3 is 2.71 bits per heavy atom. The van der Waals surface area contributed by atoms with E-state index in [9.17, 15) is 9.18 Å². The van der Waals surface area contributed by atoms with Gasteiger partial charge in [0.1, 0.15) is 11.9 Å². The van der Waals surface area contributed by atoms with Crippen LogP contribution in [0.1, 0.15) is 18.6 Å². The van der Waals surface area contributed by atoms with E-state index in [1.807, 2.05) is 11.8 Å². The highest BCUT2D eigenvalue weighted by molar-refractivity contribution is 5.79. The highest BCUT2D eigenvalue weighted by Crippen LogP contribution is 2.25. The molecule has 1 N–H and O–H groups in total. The number of halogens is 1. The number of nitrogens with one attached hydrogen (secondary N) is 1. The zero-order valence-corrected chi connectivity index (χ0v) is 12.2. The lowest BCUT2D eigenvalue weighted by Crippen LogP contribution is -2.52. The first-order valence-electron chi connectivity index (χ1n) is 7.51. The average molecular weight is 292 g/mol. The second kappa shape index (κ2) is 6.12. The Morgan fingerprint density at radius 2 is 2.10 bits per heavy atom. The van der Waals surface area contributed by atoms with E-state index >= 15 is 0 Å². The smallest absolute Gasteiger partial charge is 0.225 e. The number of hydrogen-bond acceptors (Lipinski definition) is 3. The minimum Gasteiger partial charge on any atom is -0.370 e. The lowest BCUT2D eigenvalue weighted by Gasteiger charge is -2.38. The molecular weight excluding hydrogens is 271 g/mol. The second-order valence-corrected chi connectivity index (χ2v) is 5.90. The van der Waals surface area contributed by atoms with Crippen molar-refractivity contribution in [2.45, 2.75) is 13.0 Å². The molecule has 0 bridgehead atoms. The van der Waals surface area contributed by atoms with Crippen molar-refractivity contribution < 1.29 is 13.9 Å². The first-order chi connectivity index (χ1) is 10.1. The van der Waals surface area contributed by atoms with Crippen LogP contribution in [0, 0.1) is 17.7 Å². The fourth-order valence-electron chi connectivity index (χ4n) is 2.88. The van der Waals surface area contributed by atoms with Crippen molar-refractivity contribution >= 4 is 5.91 Å². The second-order valence-electron chi connectivity index (χ2n) is 5.90. The van der Waals surface area contributed by atoms with Gasteiger partial charge in [0.05, 0.1) is 13.2 Å². The van der Waals surface area contributed by atoms with Crippen LogP contribution in [0.25, 0.3) is 0 Å². The highest BCUT2D eigenvalue weighted by Gasteiger charge is 2.34. The molecule has 2 atom stereocenters. The maximum absolute atomic E-state index is 13.0. The Hall–Kier alpha value is -1.46. The fourth-order valence-corrected chi connectivity index (χ4v) is 2.88. The van der Waals surface area contributed by atoms with Crippen LogP contribution in [0.5, 0.6) is 0 Å². The Morgan fingerprint density at radius 1 is 1.38 bits per heavy atom. The molecular formula is C16H21FN2O2. The third-order valence-electron chi connectivity index (χ3n) is 4.53. The van der Waals surface area contributed by atoms with E-state index in [1.54, 1.807) is 12.1 Å². The third kappa shape index (κ3) is 3.09. The molecule has 5 heteroatoms. The number of hydrogen-bond donors (Lipinski definition) is 1. The van der Waals surface area contributed by atoms with E-state index in [0.717, 1.165) is 18.7 Å². The van der Waals surface area contributed by atoms with Gasteiger partial charge in [-0.25, -0.2) is 4.39 Å². The maximum Gasteiger partial charge on any atom is 0.225 e. The van der Waals surface area contributed by atoms with Crippen molar-refractivity contribution in [3.63, 3.8) is 0 Å². The first kappa shape index (κ1) is 14.5. The largest absolute Gasteiger partial charge is 0.370 e. The van der Waals surface area contributed by atoms with Crippen molar-refractivity contribution in [3.05, 3.63) is 35.6 Å². The predicted molar refractivity (Wildman–Crippen MR) is 77.2 cm³/mol. The average Bonchev–Trinajstić information content (AvgIpc) is 2.45. The summed E-state index contributed by atoms with van der Waals surface area (Å²) >= 11 is 0. The summed E-state index contributed by atoms with van der Waals surface area (Å²) in [5.74, 6) is 0.452.